The Bertz CT molecular complexity index is 470. The van der Waals surface area contributed by atoms with Crippen molar-refractivity contribution < 1.29 is 4.39 Å². The average molecular weight is 218 g/mol. The van der Waals surface area contributed by atoms with Gasteiger partial charge in [0.05, 0.1) is 5.52 Å². The second-order valence-electron chi connectivity index (χ2n) is 3.87. The second-order valence-corrected chi connectivity index (χ2v) is 3.87. The standard InChI is InChI=1S/C13H15FN2/c14-11(7-8-15)9-12-6-5-10-3-1-2-4-13(10)16-12/h1-6,11H,7-9,15H2. The summed E-state index contributed by atoms with van der Waals surface area (Å²) in [4.78, 5) is 4.42. The van der Waals surface area contributed by atoms with Crippen molar-refractivity contribution in [2.24, 2.45) is 5.73 Å². The van der Waals surface area contributed by atoms with Crippen molar-refractivity contribution in [2.75, 3.05) is 6.54 Å². The Morgan fingerprint density at radius 2 is 2.00 bits per heavy atom. The van der Waals surface area contributed by atoms with Crippen LogP contribution in [0.5, 0.6) is 0 Å². The van der Waals surface area contributed by atoms with Crippen molar-refractivity contribution in [3.63, 3.8) is 0 Å². The lowest BCUT2D eigenvalue weighted by Crippen LogP contribution is -2.12. The van der Waals surface area contributed by atoms with E-state index in [0.717, 1.165) is 16.6 Å². The second kappa shape index (κ2) is 5.03. The number of halogens is 1. The molecule has 1 unspecified atom stereocenters. The van der Waals surface area contributed by atoms with E-state index in [1.807, 2.05) is 36.4 Å². The van der Waals surface area contributed by atoms with Crippen LogP contribution in [-0.4, -0.2) is 17.7 Å². The van der Waals surface area contributed by atoms with E-state index in [9.17, 15) is 4.39 Å². The summed E-state index contributed by atoms with van der Waals surface area (Å²) in [6, 6.07) is 11.7. The van der Waals surface area contributed by atoms with Gasteiger partial charge in [0.2, 0.25) is 0 Å². The Balaban J connectivity index is 2.19. The molecule has 0 saturated carbocycles. The third-order valence-electron chi connectivity index (χ3n) is 2.57. The molecule has 0 aliphatic rings. The number of benzene rings is 1. The van der Waals surface area contributed by atoms with Gasteiger partial charge in [0.15, 0.2) is 0 Å². The predicted molar refractivity (Wildman–Crippen MR) is 64.0 cm³/mol. The van der Waals surface area contributed by atoms with Crippen LogP contribution in [-0.2, 0) is 6.42 Å². The van der Waals surface area contributed by atoms with Crippen LogP contribution in [0.1, 0.15) is 12.1 Å². The molecule has 0 saturated heterocycles. The zero-order valence-corrected chi connectivity index (χ0v) is 9.07. The van der Waals surface area contributed by atoms with Gasteiger partial charge in [0.25, 0.3) is 0 Å². The molecule has 0 aliphatic heterocycles. The third-order valence-corrected chi connectivity index (χ3v) is 2.57. The molecule has 0 fully saturated rings. The summed E-state index contributed by atoms with van der Waals surface area (Å²) in [7, 11) is 0. The predicted octanol–water partition coefficient (Wildman–Crippen LogP) is 2.46. The van der Waals surface area contributed by atoms with Gasteiger partial charge in [0, 0.05) is 17.5 Å². The SMILES string of the molecule is NCCC(F)Cc1ccc2ccccc2n1. The van der Waals surface area contributed by atoms with Crippen molar-refractivity contribution in [3.05, 3.63) is 42.1 Å². The monoisotopic (exact) mass is 218 g/mol. The number of para-hydroxylation sites is 1. The van der Waals surface area contributed by atoms with Crippen LogP contribution < -0.4 is 5.73 Å². The van der Waals surface area contributed by atoms with E-state index in [2.05, 4.69) is 4.98 Å². The van der Waals surface area contributed by atoms with Crippen LogP contribution >= 0.6 is 0 Å². The molecule has 3 heteroatoms. The summed E-state index contributed by atoms with van der Waals surface area (Å²) in [6.45, 7) is 0.384. The molecule has 1 aromatic carbocycles. The smallest absolute Gasteiger partial charge is 0.107 e. The first kappa shape index (κ1) is 11.0. The van der Waals surface area contributed by atoms with E-state index in [4.69, 9.17) is 5.73 Å². The molecule has 16 heavy (non-hydrogen) atoms. The van der Waals surface area contributed by atoms with Gasteiger partial charge in [-0.25, -0.2) is 4.39 Å². The number of alkyl halides is 1. The van der Waals surface area contributed by atoms with Crippen molar-refractivity contribution >= 4 is 10.9 Å². The van der Waals surface area contributed by atoms with E-state index in [0.29, 0.717) is 19.4 Å². The van der Waals surface area contributed by atoms with Gasteiger partial charge >= 0.3 is 0 Å². The van der Waals surface area contributed by atoms with Gasteiger partial charge in [-0.3, -0.25) is 4.98 Å². The molecule has 2 N–H and O–H groups in total. The molecule has 0 bridgehead atoms. The van der Waals surface area contributed by atoms with Gasteiger partial charge in [-0.1, -0.05) is 24.3 Å². The fraction of sp³-hybridized carbons (Fsp3) is 0.308. The van der Waals surface area contributed by atoms with Gasteiger partial charge in [-0.2, -0.15) is 0 Å². The zero-order valence-electron chi connectivity index (χ0n) is 9.07. The number of hydrogen-bond donors (Lipinski definition) is 1. The molecular formula is C13H15FN2. The first-order valence-electron chi connectivity index (χ1n) is 5.48. The third kappa shape index (κ3) is 2.55. The molecule has 2 rings (SSSR count). The number of nitrogens with zero attached hydrogens (tertiary/aromatic N) is 1. The molecule has 84 valence electrons. The Morgan fingerprint density at radius 1 is 1.19 bits per heavy atom. The molecule has 2 nitrogen and oxygen atoms in total. The molecule has 0 radical (unpaired) electrons. The van der Waals surface area contributed by atoms with Crippen molar-refractivity contribution in [1.29, 1.82) is 0 Å². The normalized spacial score (nSPS) is 12.9. The van der Waals surface area contributed by atoms with Crippen molar-refractivity contribution in [3.8, 4) is 0 Å². The minimum absolute atomic E-state index is 0.349. The van der Waals surface area contributed by atoms with Crippen LogP contribution in [0.25, 0.3) is 10.9 Å². The molecule has 0 amide bonds. The lowest BCUT2D eigenvalue weighted by atomic mass is 10.1. The highest BCUT2D eigenvalue weighted by Gasteiger charge is 2.07. The maximum atomic E-state index is 13.4. The molecule has 1 heterocycles. The van der Waals surface area contributed by atoms with Crippen molar-refractivity contribution in [2.45, 2.75) is 19.0 Å². The lowest BCUT2D eigenvalue weighted by Gasteiger charge is -2.06. The molecule has 0 spiro atoms. The van der Waals surface area contributed by atoms with E-state index < -0.39 is 6.17 Å². The Hall–Kier alpha value is -1.48. The van der Waals surface area contributed by atoms with Crippen LogP contribution in [0.2, 0.25) is 0 Å². The van der Waals surface area contributed by atoms with Gasteiger partial charge in [-0.05, 0) is 25.1 Å². The number of pyridine rings is 1. The highest BCUT2D eigenvalue weighted by molar-refractivity contribution is 5.78. The number of nitrogens with two attached hydrogens (primary N) is 1. The summed E-state index contributed by atoms with van der Waals surface area (Å²) in [5.74, 6) is 0. The Labute approximate surface area is 94.3 Å². The summed E-state index contributed by atoms with van der Waals surface area (Å²) >= 11 is 0. The number of hydrogen-bond acceptors (Lipinski definition) is 2. The minimum Gasteiger partial charge on any atom is -0.330 e. The van der Waals surface area contributed by atoms with Crippen LogP contribution in [0.4, 0.5) is 4.39 Å². The maximum absolute atomic E-state index is 13.4. The maximum Gasteiger partial charge on any atom is 0.107 e. The summed E-state index contributed by atoms with van der Waals surface area (Å²) in [5.41, 5.74) is 7.02. The first-order valence-corrected chi connectivity index (χ1v) is 5.48. The summed E-state index contributed by atoms with van der Waals surface area (Å²) in [6.07, 6.45) is -0.144. The van der Waals surface area contributed by atoms with Crippen molar-refractivity contribution in [1.82, 2.24) is 4.98 Å². The quantitative estimate of drug-likeness (QED) is 0.856. The zero-order chi connectivity index (χ0) is 11.4. The minimum atomic E-state index is -0.890. The number of rotatable bonds is 4. The highest BCUT2D eigenvalue weighted by Crippen LogP contribution is 2.14. The van der Waals surface area contributed by atoms with E-state index in [1.54, 1.807) is 0 Å². The topological polar surface area (TPSA) is 38.9 Å². The molecule has 1 aromatic heterocycles. The summed E-state index contributed by atoms with van der Waals surface area (Å²) in [5, 5.41) is 1.08. The first-order chi connectivity index (χ1) is 7.79. The van der Waals surface area contributed by atoms with E-state index >= 15 is 0 Å². The van der Waals surface area contributed by atoms with Crippen LogP contribution in [0.15, 0.2) is 36.4 Å². The molecule has 1 atom stereocenters. The largest absolute Gasteiger partial charge is 0.330 e. The average Bonchev–Trinajstić information content (AvgIpc) is 2.29. The van der Waals surface area contributed by atoms with Gasteiger partial charge < -0.3 is 5.73 Å². The Morgan fingerprint density at radius 3 is 2.81 bits per heavy atom. The van der Waals surface area contributed by atoms with Crippen LogP contribution in [0, 0.1) is 0 Å². The molecular weight excluding hydrogens is 203 g/mol. The Kier molecular flexibility index (Phi) is 3.47. The van der Waals surface area contributed by atoms with E-state index in [1.165, 1.54) is 0 Å². The fourth-order valence-corrected chi connectivity index (χ4v) is 1.73. The van der Waals surface area contributed by atoms with Gasteiger partial charge in [-0.15, -0.1) is 0 Å². The highest BCUT2D eigenvalue weighted by atomic mass is 19.1. The number of aromatic nitrogens is 1. The van der Waals surface area contributed by atoms with Gasteiger partial charge in [0.1, 0.15) is 6.17 Å². The van der Waals surface area contributed by atoms with E-state index in [-0.39, 0.29) is 0 Å². The van der Waals surface area contributed by atoms with Crippen LogP contribution in [0.3, 0.4) is 0 Å². The molecule has 0 aliphatic carbocycles. The lowest BCUT2D eigenvalue weighted by molar-refractivity contribution is 0.314. The molecule has 2 aromatic rings. The fourth-order valence-electron chi connectivity index (χ4n) is 1.73. The number of fused-ring (bicyclic) bond motifs is 1. The summed E-state index contributed by atoms with van der Waals surface area (Å²) < 4.78 is 13.4.